The van der Waals surface area contributed by atoms with Gasteiger partial charge in [0.05, 0.1) is 11.8 Å². The van der Waals surface area contributed by atoms with Crippen molar-refractivity contribution in [3.05, 3.63) is 15.8 Å². The molecule has 3 aliphatic carbocycles. The van der Waals surface area contributed by atoms with Crippen molar-refractivity contribution in [1.29, 1.82) is 0 Å². The normalized spacial score (nSPS) is 29.8. The van der Waals surface area contributed by atoms with Gasteiger partial charge in [-0.1, -0.05) is 20.8 Å². The van der Waals surface area contributed by atoms with Gasteiger partial charge in [0.15, 0.2) is 0 Å². The largest absolute Gasteiger partial charge is 0.477 e. The number of nitrogens with zero attached hydrogens (tertiary/aromatic N) is 1. The highest BCUT2D eigenvalue weighted by molar-refractivity contribution is 7.14. The molecule has 7 heteroatoms. The van der Waals surface area contributed by atoms with Crippen LogP contribution in [0.1, 0.15) is 118 Å². The Hall–Kier alpha value is -1.11. The van der Waals surface area contributed by atoms with Gasteiger partial charge in [0.25, 0.3) is 0 Å². The highest BCUT2D eigenvalue weighted by Gasteiger charge is 2.38. The number of aliphatic hydroxyl groups excluding tert-OH is 1. The number of halogens is 1. The third kappa shape index (κ3) is 6.17. The van der Waals surface area contributed by atoms with E-state index in [9.17, 15) is 19.8 Å². The summed E-state index contributed by atoms with van der Waals surface area (Å²) >= 11 is 1.39. The average molecular weight is 512 g/mol. The first kappa shape index (κ1) is 27.5. The number of carboxylic acid groups (broad SMARTS) is 1. The van der Waals surface area contributed by atoms with E-state index in [-0.39, 0.29) is 36.4 Å². The molecule has 0 bridgehead atoms. The molecule has 1 aromatic heterocycles. The molecule has 3 aliphatic rings. The monoisotopic (exact) mass is 511 g/mol. The van der Waals surface area contributed by atoms with Gasteiger partial charge < -0.3 is 15.1 Å². The Kier molecular flexibility index (Phi) is 9.13. The highest BCUT2D eigenvalue weighted by atomic mass is 35.5. The van der Waals surface area contributed by atoms with E-state index in [4.69, 9.17) is 0 Å². The van der Waals surface area contributed by atoms with Crippen molar-refractivity contribution < 1.29 is 19.8 Å². The number of aliphatic hydroxyl groups is 1. The molecule has 4 rings (SSSR count). The summed E-state index contributed by atoms with van der Waals surface area (Å²) in [4.78, 5) is 29.6. The number of hydrogen-bond donors (Lipinski definition) is 2. The molecule has 3 saturated carbocycles. The maximum absolute atomic E-state index is 13.9. The Balaban J connectivity index is 0.00000324. The van der Waals surface area contributed by atoms with Gasteiger partial charge in [-0.05, 0) is 100 Å². The van der Waals surface area contributed by atoms with Crippen LogP contribution >= 0.6 is 23.7 Å². The van der Waals surface area contributed by atoms with Crippen LogP contribution in [0.3, 0.4) is 0 Å². The first-order chi connectivity index (χ1) is 15.6. The molecule has 0 radical (unpaired) electrons. The lowest BCUT2D eigenvalue weighted by Crippen LogP contribution is -2.47. The molecule has 0 saturated heterocycles. The molecule has 0 spiro atoms. The number of anilines is 1. The lowest BCUT2D eigenvalue weighted by molar-refractivity contribution is -0.124. The van der Waals surface area contributed by atoms with Gasteiger partial charge in [-0.15, -0.1) is 23.7 Å². The molecule has 5 nitrogen and oxygen atoms in total. The summed E-state index contributed by atoms with van der Waals surface area (Å²) in [6, 6.07) is 2.02. The van der Waals surface area contributed by atoms with Crippen LogP contribution in [-0.4, -0.2) is 34.2 Å². The van der Waals surface area contributed by atoms with Crippen molar-refractivity contribution in [2.75, 3.05) is 4.90 Å². The lowest BCUT2D eigenvalue weighted by Gasteiger charge is -2.39. The van der Waals surface area contributed by atoms with E-state index >= 15 is 0 Å². The molecule has 1 heterocycles. The number of carbonyl (C=O) groups is 2. The predicted octanol–water partition coefficient (Wildman–Crippen LogP) is 7.01. The van der Waals surface area contributed by atoms with Gasteiger partial charge in [-0.2, -0.15) is 0 Å². The summed E-state index contributed by atoms with van der Waals surface area (Å²) < 4.78 is 0. The maximum Gasteiger partial charge on any atom is 0.348 e. The summed E-state index contributed by atoms with van der Waals surface area (Å²) in [6.07, 6.45) is 10.9. The van der Waals surface area contributed by atoms with Crippen LogP contribution in [0.5, 0.6) is 0 Å². The van der Waals surface area contributed by atoms with E-state index in [1.54, 1.807) is 0 Å². The average Bonchev–Trinajstić information content (AvgIpc) is 3.21. The molecule has 192 valence electrons. The molecular formula is C27H42ClNO4S. The fourth-order valence-electron chi connectivity index (χ4n) is 6.13. The third-order valence-corrected chi connectivity index (χ3v) is 9.84. The molecule has 34 heavy (non-hydrogen) atoms. The molecule has 2 N–H and O–H groups in total. The van der Waals surface area contributed by atoms with Crippen LogP contribution in [0.15, 0.2) is 6.07 Å². The minimum absolute atomic E-state index is 0. The molecule has 0 aliphatic heterocycles. The van der Waals surface area contributed by atoms with Gasteiger partial charge in [-0.3, -0.25) is 4.79 Å². The first-order valence-electron chi connectivity index (χ1n) is 13.0. The fraction of sp³-hybridized carbons (Fsp3) is 0.778. The number of amides is 1. The lowest BCUT2D eigenvalue weighted by atomic mass is 9.73. The number of rotatable bonds is 5. The van der Waals surface area contributed by atoms with E-state index in [0.29, 0.717) is 40.7 Å². The smallest absolute Gasteiger partial charge is 0.348 e. The Bertz CT molecular complexity index is 843. The fourth-order valence-corrected chi connectivity index (χ4v) is 7.29. The Labute approximate surface area is 214 Å². The molecule has 0 unspecified atom stereocenters. The minimum Gasteiger partial charge on any atom is -0.477 e. The quantitative estimate of drug-likeness (QED) is 0.445. The Morgan fingerprint density at radius 2 is 1.56 bits per heavy atom. The van der Waals surface area contributed by atoms with Crippen LogP contribution in [0, 0.1) is 17.3 Å². The molecular weight excluding hydrogens is 470 g/mol. The number of hydrogen-bond acceptors (Lipinski definition) is 4. The molecule has 3 fully saturated rings. The van der Waals surface area contributed by atoms with Crippen molar-refractivity contribution in [2.45, 2.75) is 116 Å². The summed E-state index contributed by atoms with van der Waals surface area (Å²) in [5.74, 6) is 0.206. The topological polar surface area (TPSA) is 77.8 Å². The zero-order valence-electron chi connectivity index (χ0n) is 20.9. The molecule has 1 amide bonds. The van der Waals surface area contributed by atoms with Crippen molar-refractivity contribution >= 4 is 41.3 Å². The molecule has 1 aromatic rings. The number of thiophene rings is 1. The van der Waals surface area contributed by atoms with Crippen molar-refractivity contribution in [1.82, 2.24) is 0 Å². The van der Waals surface area contributed by atoms with Crippen LogP contribution < -0.4 is 4.90 Å². The predicted molar refractivity (Wildman–Crippen MR) is 140 cm³/mol. The summed E-state index contributed by atoms with van der Waals surface area (Å²) in [6.45, 7) is 6.88. The van der Waals surface area contributed by atoms with Gasteiger partial charge >= 0.3 is 5.97 Å². The van der Waals surface area contributed by atoms with Gasteiger partial charge in [-0.25, -0.2) is 4.79 Å². The van der Waals surface area contributed by atoms with E-state index in [1.165, 1.54) is 11.3 Å². The van der Waals surface area contributed by atoms with E-state index < -0.39 is 5.97 Å². The Morgan fingerprint density at radius 1 is 0.971 bits per heavy atom. The van der Waals surface area contributed by atoms with Crippen molar-refractivity contribution in [3.8, 4) is 0 Å². The van der Waals surface area contributed by atoms with Gasteiger partial charge in [0.2, 0.25) is 5.91 Å². The Morgan fingerprint density at radius 3 is 2.12 bits per heavy atom. The third-order valence-electron chi connectivity index (χ3n) is 8.56. The van der Waals surface area contributed by atoms with E-state index in [0.717, 1.165) is 69.1 Å². The van der Waals surface area contributed by atoms with Gasteiger partial charge in [0.1, 0.15) is 4.88 Å². The zero-order valence-corrected chi connectivity index (χ0v) is 22.6. The number of carbonyl (C=O) groups excluding carboxylic acids is 1. The second-order valence-corrected chi connectivity index (χ2v) is 12.8. The maximum atomic E-state index is 13.9. The van der Waals surface area contributed by atoms with Crippen molar-refractivity contribution in [2.24, 2.45) is 17.3 Å². The van der Waals surface area contributed by atoms with Crippen LogP contribution in [0.25, 0.3) is 0 Å². The van der Waals surface area contributed by atoms with Crippen LogP contribution in [0.4, 0.5) is 5.69 Å². The van der Waals surface area contributed by atoms with Crippen LogP contribution in [0.2, 0.25) is 0 Å². The standard InChI is InChI=1S/C27H41NO4S.ClH/c1-17-4-6-19(7-5-17)25(30)28(20-8-10-21(29)11-9-20)22-16-23(33-24(22)26(31)32)18-12-14-27(2,3)15-13-18;/h16-21,29H,4-15H2,1-3H3,(H,31,32);1H. The van der Waals surface area contributed by atoms with Crippen molar-refractivity contribution in [3.63, 3.8) is 0 Å². The summed E-state index contributed by atoms with van der Waals surface area (Å²) in [7, 11) is 0. The second kappa shape index (κ2) is 11.3. The summed E-state index contributed by atoms with van der Waals surface area (Å²) in [5.41, 5.74) is 0.979. The molecule has 0 atom stereocenters. The zero-order chi connectivity index (χ0) is 23.8. The van der Waals surface area contributed by atoms with E-state index in [1.807, 2.05) is 11.0 Å². The van der Waals surface area contributed by atoms with Gasteiger partial charge in [0, 0.05) is 16.8 Å². The van der Waals surface area contributed by atoms with E-state index in [2.05, 4.69) is 20.8 Å². The highest BCUT2D eigenvalue weighted by Crippen LogP contribution is 2.47. The first-order valence-corrected chi connectivity index (χ1v) is 13.8. The number of carboxylic acids is 1. The minimum atomic E-state index is -0.928. The number of aromatic carboxylic acids is 1. The molecule has 0 aromatic carbocycles. The van der Waals surface area contributed by atoms with Crippen LogP contribution in [-0.2, 0) is 4.79 Å². The SMILES string of the molecule is CC1CCC(C(=O)N(c2cc(C3CCC(C)(C)CC3)sc2C(=O)O)C2CCC(O)CC2)CC1.Cl. The summed E-state index contributed by atoms with van der Waals surface area (Å²) in [5, 5.41) is 20.2. The second-order valence-electron chi connectivity index (χ2n) is 11.7.